The van der Waals surface area contributed by atoms with Crippen molar-refractivity contribution in [1.29, 1.82) is 0 Å². The maximum atomic E-state index is 14.8. The van der Waals surface area contributed by atoms with Crippen LogP contribution in [0.25, 0.3) is 22.3 Å². The second-order valence-electron chi connectivity index (χ2n) is 15.7. The van der Waals surface area contributed by atoms with Crippen LogP contribution in [0.5, 0.6) is 0 Å². The molecule has 1 aliphatic carbocycles. The largest absolute Gasteiger partial charge is 0.378 e. The summed E-state index contributed by atoms with van der Waals surface area (Å²) in [5.41, 5.74) is 5.23. The third kappa shape index (κ3) is 5.23. The number of benzene rings is 1. The van der Waals surface area contributed by atoms with Crippen molar-refractivity contribution in [1.82, 2.24) is 29.3 Å². The number of carbonyl (C=O) groups is 1. The molecule has 1 atom stereocenters. The van der Waals surface area contributed by atoms with Crippen LogP contribution in [-0.4, -0.2) is 92.7 Å². The number of hydrogen-bond acceptors (Lipinski definition) is 8. The molecule has 4 fully saturated rings. The van der Waals surface area contributed by atoms with Gasteiger partial charge in [-0.15, -0.1) is 0 Å². The summed E-state index contributed by atoms with van der Waals surface area (Å²) in [5, 5.41) is 3.25. The lowest BCUT2D eigenvalue weighted by Crippen LogP contribution is -2.60. The fourth-order valence-electron chi connectivity index (χ4n) is 9.22. The van der Waals surface area contributed by atoms with Gasteiger partial charge in [-0.25, -0.2) is 14.4 Å². The first-order chi connectivity index (χ1) is 24.3. The summed E-state index contributed by atoms with van der Waals surface area (Å²) < 4.78 is 22.4. The summed E-state index contributed by atoms with van der Waals surface area (Å²) in [7, 11) is 0. The molecule has 1 amide bonds. The molecule has 262 valence electrons. The molecule has 3 saturated heterocycles. The fraction of sp³-hybridized carbons (Fsp3) is 0.538. The number of pyridine rings is 2. The number of imidazole rings is 1. The average Bonchev–Trinajstić information content (AvgIpc) is 3.60. The maximum absolute atomic E-state index is 14.8. The number of hydrogen-bond donors (Lipinski definition) is 1. The highest BCUT2D eigenvalue weighted by atomic mass is 19.1. The van der Waals surface area contributed by atoms with Gasteiger partial charge in [0, 0.05) is 42.1 Å². The van der Waals surface area contributed by atoms with Crippen LogP contribution in [-0.2, 0) is 14.9 Å². The predicted octanol–water partition coefficient (Wildman–Crippen LogP) is 6.30. The molecule has 0 radical (unpaired) electrons. The van der Waals surface area contributed by atoms with Crippen molar-refractivity contribution in [3.05, 3.63) is 60.4 Å². The van der Waals surface area contributed by atoms with E-state index in [4.69, 9.17) is 14.7 Å². The Morgan fingerprint density at radius 3 is 2.56 bits per heavy atom. The van der Waals surface area contributed by atoms with Gasteiger partial charge >= 0.3 is 0 Å². The van der Waals surface area contributed by atoms with Crippen molar-refractivity contribution >= 4 is 34.1 Å². The summed E-state index contributed by atoms with van der Waals surface area (Å²) in [6.07, 6.45) is 10.9. The number of nitrogens with one attached hydrogen (secondary N) is 1. The Hall–Kier alpha value is -3.93. The second-order valence-corrected chi connectivity index (χ2v) is 15.7. The summed E-state index contributed by atoms with van der Waals surface area (Å²) in [6, 6.07) is 11.5. The molecular weight excluding hydrogens is 631 g/mol. The number of halogens is 1. The van der Waals surface area contributed by atoms with Crippen molar-refractivity contribution < 1.29 is 13.9 Å². The van der Waals surface area contributed by atoms with Crippen molar-refractivity contribution in [2.24, 2.45) is 5.92 Å². The van der Waals surface area contributed by atoms with Gasteiger partial charge < -0.3 is 19.5 Å². The number of ether oxygens (including phenoxy) is 1. The van der Waals surface area contributed by atoms with E-state index < -0.39 is 11.2 Å². The highest BCUT2D eigenvalue weighted by molar-refractivity contribution is 6.09. The van der Waals surface area contributed by atoms with E-state index in [-0.39, 0.29) is 18.0 Å². The summed E-state index contributed by atoms with van der Waals surface area (Å²) >= 11 is 0. The number of likely N-dealkylation sites (tertiary alicyclic amines) is 2. The van der Waals surface area contributed by atoms with Gasteiger partial charge in [-0.1, -0.05) is 19.1 Å². The standard InChI is InChI=1S/C39H47FN8O2/c1-24(2)47-23-42-34-18-33(44-37(36(34)47)43-32-8-11-41-19-31(32)40)26-6-7-30-35(15-26)48(28-16-27(17-28)46-12-4-5-25(3)20-46)38(49)39(30)9-13-45(14-10-39)29-21-50-22-29/h6-8,11,15,18-19,23-25,27-29H,4-5,9-10,12-14,16-17,20-22H2,1-3H3,(H,41,43,44)/t25-,27?,28?/m1/s1. The lowest BCUT2D eigenvalue weighted by Gasteiger charge is -2.49. The molecule has 0 unspecified atom stereocenters. The van der Waals surface area contributed by atoms with E-state index in [1.54, 1.807) is 12.3 Å². The lowest BCUT2D eigenvalue weighted by molar-refractivity contribution is -0.128. The van der Waals surface area contributed by atoms with Gasteiger partial charge in [-0.2, -0.15) is 0 Å². The molecule has 3 aromatic heterocycles. The number of aromatic nitrogens is 4. The summed E-state index contributed by atoms with van der Waals surface area (Å²) in [5.74, 6) is 1.09. The Morgan fingerprint density at radius 2 is 1.84 bits per heavy atom. The molecule has 50 heavy (non-hydrogen) atoms. The Labute approximate surface area is 293 Å². The van der Waals surface area contributed by atoms with E-state index in [9.17, 15) is 9.18 Å². The minimum Gasteiger partial charge on any atom is -0.378 e. The zero-order chi connectivity index (χ0) is 34.1. The number of rotatable bonds is 7. The van der Waals surface area contributed by atoms with E-state index >= 15 is 0 Å². The highest BCUT2D eigenvalue weighted by Crippen LogP contribution is 2.52. The van der Waals surface area contributed by atoms with Crippen molar-refractivity contribution in [3.63, 3.8) is 0 Å². The first-order valence-electron chi connectivity index (χ1n) is 18.6. The van der Waals surface area contributed by atoms with E-state index in [1.807, 2.05) is 12.4 Å². The number of nitrogens with zero attached hydrogens (tertiary/aromatic N) is 7. The molecule has 1 saturated carbocycles. The lowest BCUT2D eigenvalue weighted by atomic mass is 9.73. The van der Waals surface area contributed by atoms with Gasteiger partial charge in [-0.05, 0) is 102 Å². The Bertz CT molecular complexity index is 1930. The zero-order valence-corrected chi connectivity index (χ0v) is 29.3. The summed E-state index contributed by atoms with van der Waals surface area (Å²) in [6.45, 7) is 12.3. The topological polar surface area (TPSA) is 91.7 Å². The van der Waals surface area contributed by atoms with Crippen LogP contribution >= 0.6 is 0 Å². The average molecular weight is 679 g/mol. The molecule has 10 nitrogen and oxygen atoms in total. The first kappa shape index (κ1) is 32.0. The normalized spacial score (nSPS) is 25.7. The molecule has 11 heteroatoms. The Balaban J connectivity index is 1.09. The maximum Gasteiger partial charge on any atom is 0.238 e. The molecule has 1 spiro atoms. The molecule has 1 N–H and O–H groups in total. The van der Waals surface area contributed by atoms with Crippen molar-refractivity contribution in [2.75, 3.05) is 49.6 Å². The van der Waals surface area contributed by atoms with Gasteiger partial charge in [0.05, 0.1) is 54.1 Å². The zero-order valence-electron chi connectivity index (χ0n) is 29.3. The smallest absolute Gasteiger partial charge is 0.238 e. The van der Waals surface area contributed by atoms with E-state index in [1.165, 1.54) is 25.6 Å². The molecular formula is C39H47FN8O2. The fourth-order valence-corrected chi connectivity index (χ4v) is 9.22. The molecule has 9 rings (SSSR count). The van der Waals surface area contributed by atoms with Gasteiger partial charge in [0.2, 0.25) is 5.91 Å². The van der Waals surface area contributed by atoms with Crippen LogP contribution in [0.2, 0.25) is 0 Å². The third-order valence-corrected chi connectivity index (χ3v) is 12.3. The molecule has 4 aromatic rings. The van der Waals surface area contributed by atoms with Crippen LogP contribution in [0.15, 0.2) is 49.1 Å². The van der Waals surface area contributed by atoms with Crippen LogP contribution in [0, 0.1) is 11.7 Å². The molecule has 4 aliphatic heterocycles. The van der Waals surface area contributed by atoms with Gasteiger partial charge in [0.1, 0.15) is 5.52 Å². The highest BCUT2D eigenvalue weighted by Gasteiger charge is 2.56. The van der Waals surface area contributed by atoms with Gasteiger partial charge in [0.25, 0.3) is 0 Å². The van der Waals surface area contributed by atoms with Crippen LogP contribution < -0.4 is 10.2 Å². The second kappa shape index (κ2) is 12.4. The van der Waals surface area contributed by atoms with Crippen LogP contribution in [0.4, 0.5) is 21.6 Å². The molecule has 0 bridgehead atoms. The van der Waals surface area contributed by atoms with Crippen LogP contribution in [0.1, 0.15) is 70.9 Å². The minimum absolute atomic E-state index is 0.133. The number of amides is 1. The molecule has 7 heterocycles. The van der Waals surface area contributed by atoms with Crippen molar-refractivity contribution in [3.8, 4) is 11.3 Å². The number of anilines is 3. The minimum atomic E-state index is -0.501. The monoisotopic (exact) mass is 678 g/mol. The molecule has 5 aliphatic rings. The Morgan fingerprint density at radius 1 is 1.02 bits per heavy atom. The van der Waals surface area contributed by atoms with Crippen LogP contribution in [0.3, 0.4) is 0 Å². The van der Waals surface area contributed by atoms with E-state index in [0.29, 0.717) is 23.6 Å². The number of carbonyl (C=O) groups excluding carboxylic acids is 1. The first-order valence-corrected chi connectivity index (χ1v) is 18.6. The van der Waals surface area contributed by atoms with Crippen molar-refractivity contribution in [2.45, 2.75) is 88.9 Å². The SMILES string of the molecule is CC(C)n1cnc2cc(-c3ccc4c(c3)N(C3CC(N5CCC[C@@H](C)C5)C3)C(=O)C43CCN(C4COC4)CC3)nc(Nc3ccncc3F)c21. The third-order valence-electron chi connectivity index (χ3n) is 12.3. The quantitative estimate of drug-likeness (QED) is 0.244. The number of piperidine rings is 2. The number of fused-ring (bicyclic) bond motifs is 3. The van der Waals surface area contributed by atoms with E-state index in [2.05, 4.69) is 68.5 Å². The Kier molecular flexibility index (Phi) is 7.93. The summed E-state index contributed by atoms with van der Waals surface area (Å²) in [4.78, 5) is 36.0. The van der Waals surface area contributed by atoms with Gasteiger partial charge in [0.15, 0.2) is 11.6 Å². The predicted molar refractivity (Wildman–Crippen MR) is 192 cm³/mol. The molecule has 1 aromatic carbocycles. The van der Waals surface area contributed by atoms with Gasteiger partial charge in [-0.3, -0.25) is 19.6 Å². The van der Waals surface area contributed by atoms with E-state index in [0.717, 1.165) is 98.0 Å².